The fraction of sp³-hybridized carbons (Fsp3) is 0.714. The molecule has 0 aliphatic rings. The zero-order valence-electron chi connectivity index (χ0n) is 5.84. The molecule has 0 aromatic rings. The fourth-order valence-electron chi connectivity index (χ4n) is 0.416. The maximum absolute atomic E-state index is 8.84. The Kier molecular flexibility index (Phi) is 5.57. The first-order valence-electron chi connectivity index (χ1n) is 3.19. The molecule has 2 heteroatoms. The van der Waals surface area contributed by atoms with Crippen LogP contribution in [0.5, 0.6) is 0 Å². The van der Waals surface area contributed by atoms with Gasteiger partial charge in [0.15, 0.2) is 0 Å². The van der Waals surface area contributed by atoms with Gasteiger partial charge in [0.05, 0.1) is 12.7 Å². The molecule has 0 aliphatic carbocycles. The van der Waals surface area contributed by atoms with Gasteiger partial charge in [0.1, 0.15) is 0 Å². The summed E-state index contributed by atoms with van der Waals surface area (Å²) in [6.07, 6.45) is 1.95. The minimum atomic E-state index is -0.503. The van der Waals surface area contributed by atoms with Crippen molar-refractivity contribution in [3.8, 4) is 0 Å². The Hall–Kier alpha value is -0.340. The predicted molar refractivity (Wildman–Crippen MR) is 37.3 cm³/mol. The van der Waals surface area contributed by atoms with Crippen molar-refractivity contribution < 1.29 is 9.84 Å². The summed E-state index contributed by atoms with van der Waals surface area (Å²) in [5.74, 6) is 0. The average molecular weight is 130 g/mol. The van der Waals surface area contributed by atoms with Gasteiger partial charge < -0.3 is 9.84 Å². The van der Waals surface area contributed by atoms with Crippen LogP contribution >= 0.6 is 0 Å². The lowest BCUT2D eigenvalue weighted by atomic mass is 10.4. The van der Waals surface area contributed by atoms with Gasteiger partial charge >= 0.3 is 0 Å². The van der Waals surface area contributed by atoms with E-state index < -0.39 is 6.10 Å². The number of ether oxygens (including phenoxy) is 1. The first-order valence-corrected chi connectivity index (χ1v) is 3.19. The molecule has 0 aromatic carbocycles. The summed E-state index contributed by atoms with van der Waals surface area (Å²) in [6, 6.07) is 0. The van der Waals surface area contributed by atoms with E-state index in [1.165, 1.54) is 6.08 Å². The van der Waals surface area contributed by atoms with Crippen molar-refractivity contribution in [1.82, 2.24) is 0 Å². The summed E-state index contributed by atoms with van der Waals surface area (Å²) >= 11 is 0. The van der Waals surface area contributed by atoms with Crippen LogP contribution in [0.1, 0.15) is 13.3 Å². The molecular weight excluding hydrogens is 116 g/mol. The topological polar surface area (TPSA) is 29.5 Å². The van der Waals surface area contributed by atoms with Gasteiger partial charge in [0.2, 0.25) is 0 Å². The van der Waals surface area contributed by atoms with Gasteiger partial charge in [-0.15, -0.1) is 6.58 Å². The molecule has 0 aliphatic heterocycles. The van der Waals surface area contributed by atoms with E-state index in [1.54, 1.807) is 0 Å². The highest BCUT2D eigenvalue weighted by Crippen LogP contribution is 1.86. The second-order valence-corrected chi connectivity index (χ2v) is 1.88. The number of hydrogen-bond donors (Lipinski definition) is 1. The van der Waals surface area contributed by atoms with Crippen LogP contribution in [0.3, 0.4) is 0 Å². The summed E-state index contributed by atoms with van der Waals surface area (Å²) in [4.78, 5) is 0. The largest absolute Gasteiger partial charge is 0.387 e. The number of aliphatic hydroxyl groups is 1. The van der Waals surface area contributed by atoms with Gasteiger partial charge in [-0.3, -0.25) is 0 Å². The van der Waals surface area contributed by atoms with Crippen LogP contribution in [0.25, 0.3) is 0 Å². The molecule has 0 saturated heterocycles. The molecule has 1 atom stereocenters. The van der Waals surface area contributed by atoms with Gasteiger partial charge in [-0.2, -0.15) is 0 Å². The van der Waals surface area contributed by atoms with Crippen LogP contribution < -0.4 is 0 Å². The third-order valence-electron chi connectivity index (χ3n) is 0.909. The van der Waals surface area contributed by atoms with Crippen molar-refractivity contribution in [3.05, 3.63) is 12.7 Å². The van der Waals surface area contributed by atoms with Crippen molar-refractivity contribution in [2.45, 2.75) is 19.4 Å². The highest BCUT2D eigenvalue weighted by atomic mass is 16.5. The van der Waals surface area contributed by atoms with Crippen molar-refractivity contribution in [1.29, 1.82) is 0 Å². The third-order valence-corrected chi connectivity index (χ3v) is 0.909. The first-order chi connectivity index (χ1) is 4.31. The van der Waals surface area contributed by atoms with Crippen LogP contribution in [-0.4, -0.2) is 24.4 Å². The Bertz CT molecular complexity index is 71.3. The molecule has 0 fully saturated rings. The summed E-state index contributed by atoms with van der Waals surface area (Å²) in [5.41, 5.74) is 0. The average Bonchev–Trinajstić information content (AvgIpc) is 1.89. The number of rotatable bonds is 5. The Morgan fingerprint density at radius 1 is 1.78 bits per heavy atom. The molecule has 0 bridgehead atoms. The second-order valence-electron chi connectivity index (χ2n) is 1.88. The van der Waals surface area contributed by atoms with Crippen molar-refractivity contribution in [2.24, 2.45) is 0 Å². The van der Waals surface area contributed by atoms with Crippen LogP contribution in [0.15, 0.2) is 12.7 Å². The molecule has 0 radical (unpaired) electrons. The van der Waals surface area contributed by atoms with E-state index in [0.717, 1.165) is 6.42 Å². The normalized spacial score (nSPS) is 13.1. The number of hydrogen-bond acceptors (Lipinski definition) is 2. The fourth-order valence-corrected chi connectivity index (χ4v) is 0.416. The molecule has 1 N–H and O–H groups in total. The van der Waals surface area contributed by atoms with Crippen LogP contribution in [0.4, 0.5) is 0 Å². The molecule has 0 heterocycles. The van der Waals surface area contributed by atoms with Gasteiger partial charge in [0, 0.05) is 6.61 Å². The Labute approximate surface area is 56.1 Å². The smallest absolute Gasteiger partial charge is 0.0951 e. The second kappa shape index (κ2) is 5.79. The van der Waals surface area contributed by atoms with Gasteiger partial charge in [-0.05, 0) is 6.42 Å². The molecule has 0 saturated carbocycles. The summed E-state index contributed by atoms with van der Waals surface area (Å²) in [5, 5.41) is 8.84. The van der Waals surface area contributed by atoms with Crippen molar-refractivity contribution in [3.63, 3.8) is 0 Å². The van der Waals surface area contributed by atoms with E-state index >= 15 is 0 Å². The lowest BCUT2D eigenvalue weighted by Gasteiger charge is -2.04. The van der Waals surface area contributed by atoms with Crippen LogP contribution in [0.2, 0.25) is 0 Å². The Balaban J connectivity index is 2.96. The SMILES string of the molecule is C=CC(O)COCCC. The van der Waals surface area contributed by atoms with E-state index in [2.05, 4.69) is 6.58 Å². The number of aliphatic hydroxyl groups excluding tert-OH is 1. The molecule has 0 amide bonds. The molecular formula is C7H14O2. The Morgan fingerprint density at radius 2 is 2.44 bits per heavy atom. The molecule has 0 spiro atoms. The summed E-state index contributed by atoms with van der Waals surface area (Å²) < 4.78 is 5.01. The zero-order valence-corrected chi connectivity index (χ0v) is 5.84. The molecule has 0 aromatic heterocycles. The highest BCUT2D eigenvalue weighted by molar-refractivity contribution is 4.76. The quantitative estimate of drug-likeness (QED) is 0.443. The predicted octanol–water partition coefficient (Wildman–Crippen LogP) is 0.960. The van der Waals surface area contributed by atoms with Crippen LogP contribution in [0, 0.1) is 0 Å². The minimum Gasteiger partial charge on any atom is -0.387 e. The van der Waals surface area contributed by atoms with Gasteiger partial charge in [0.25, 0.3) is 0 Å². The maximum atomic E-state index is 8.84. The van der Waals surface area contributed by atoms with E-state index in [-0.39, 0.29) is 0 Å². The molecule has 54 valence electrons. The summed E-state index contributed by atoms with van der Waals surface area (Å²) in [7, 11) is 0. The molecule has 1 unspecified atom stereocenters. The molecule has 9 heavy (non-hydrogen) atoms. The Morgan fingerprint density at radius 3 is 2.89 bits per heavy atom. The standard InChI is InChI=1S/C7H14O2/c1-3-5-9-6-7(8)4-2/h4,7-8H,2-3,5-6H2,1H3. The molecule has 0 rings (SSSR count). The maximum Gasteiger partial charge on any atom is 0.0951 e. The minimum absolute atomic E-state index is 0.372. The zero-order chi connectivity index (χ0) is 7.11. The van der Waals surface area contributed by atoms with E-state index in [9.17, 15) is 0 Å². The van der Waals surface area contributed by atoms with E-state index in [0.29, 0.717) is 13.2 Å². The lowest BCUT2D eigenvalue weighted by Crippen LogP contribution is -2.11. The van der Waals surface area contributed by atoms with Crippen molar-refractivity contribution in [2.75, 3.05) is 13.2 Å². The van der Waals surface area contributed by atoms with Gasteiger partial charge in [-0.1, -0.05) is 13.0 Å². The van der Waals surface area contributed by atoms with E-state index in [1.807, 2.05) is 6.92 Å². The van der Waals surface area contributed by atoms with Crippen LogP contribution in [-0.2, 0) is 4.74 Å². The van der Waals surface area contributed by atoms with Gasteiger partial charge in [-0.25, -0.2) is 0 Å². The third kappa shape index (κ3) is 5.53. The first kappa shape index (κ1) is 8.66. The monoisotopic (exact) mass is 130 g/mol. The van der Waals surface area contributed by atoms with Crippen molar-refractivity contribution >= 4 is 0 Å². The lowest BCUT2D eigenvalue weighted by molar-refractivity contribution is 0.0602. The summed E-state index contributed by atoms with van der Waals surface area (Å²) in [6.45, 7) is 6.52. The molecule has 2 nitrogen and oxygen atoms in total. The highest BCUT2D eigenvalue weighted by Gasteiger charge is 1.94. The van der Waals surface area contributed by atoms with E-state index in [4.69, 9.17) is 9.84 Å².